The summed E-state index contributed by atoms with van der Waals surface area (Å²) in [6.07, 6.45) is 0.301. The molecular weight excluding hydrogens is 331 g/mol. The van der Waals surface area contributed by atoms with Crippen molar-refractivity contribution in [2.75, 3.05) is 19.6 Å². The van der Waals surface area contributed by atoms with Crippen molar-refractivity contribution >= 4 is 5.78 Å². The molecule has 0 bridgehead atoms. The highest BCUT2D eigenvalue weighted by molar-refractivity contribution is 5.99. The number of carbonyl (C=O) groups is 1. The van der Waals surface area contributed by atoms with Gasteiger partial charge in [0.2, 0.25) is 0 Å². The Morgan fingerprint density at radius 1 is 1.15 bits per heavy atom. The molecule has 1 aliphatic heterocycles. The molecule has 1 aliphatic rings. The highest BCUT2D eigenvalue weighted by Gasteiger charge is 2.25. The number of carbonyl (C=O) groups excluding carboxylic acids is 1. The molecular formula is C21H27FN2O2. The molecule has 0 amide bonds. The van der Waals surface area contributed by atoms with Gasteiger partial charge in [-0.2, -0.15) is 0 Å². The first-order valence-corrected chi connectivity index (χ1v) is 9.15. The average molecular weight is 358 g/mol. The monoisotopic (exact) mass is 358 g/mol. The molecule has 0 spiro atoms. The van der Waals surface area contributed by atoms with Crippen LogP contribution >= 0.6 is 0 Å². The third kappa shape index (κ3) is 4.22. The maximum absolute atomic E-state index is 13.1. The van der Waals surface area contributed by atoms with Crippen molar-refractivity contribution in [1.82, 2.24) is 9.47 Å². The fourth-order valence-corrected chi connectivity index (χ4v) is 3.80. The Morgan fingerprint density at radius 3 is 2.38 bits per heavy atom. The molecule has 140 valence electrons. The maximum atomic E-state index is 13.1. The van der Waals surface area contributed by atoms with E-state index >= 15 is 0 Å². The summed E-state index contributed by atoms with van der Waals surface area (Å²) in [5.74, 6) is -0.0932. The molecule has 0 radical (unpaired) electrons. The van der Waals surface area contributed by atoms with Crippen molar-refractivity contribution in [2.24, 2.45) is 0 Å². The number of ether oxygens (including phenoxy) is 1. The summed E-state index contributed by atoms with van der Waals surface area (Å²) in [5.41, 5.74) is 3.80. The molecule has 3 rings (SSSR count). The van der Waals surface area contributed by atoms with E-state index in [0.717, 1.165) is 35.6 Å². The number of Topliss-reactive ketones (excluding diaryl/α,β-unsaturated/α-hetero) is 1. The molecule has 5 heteroatoms. The van der Waals surface area contributed by atoms with Crippen molar-refractivity contribution in [3.05, 3.63) is 58.7 Å². The van der Waals surface area contributed by atoms with Gasteiger partial charge in [-0.1, -0.05) is 12.1 Å². The first kappa shape index (κ1) is 18.8. The van der Waals surface area contributed by atoms with Crippen LogP contribution in [-0.2, 0) is 11.3 Å². The first-order valence-electron chi connectivity index (χ1n) is 9.15. The summed E-state index contributed by atoms with van der Waals surface area (Å²) >= 11 is 0. The number of aromatic nitrogens is 1. The Kier molecular flexibility index (Phi) is 5.58. The maximum Gasteiger partial charge on any atom is 0.178 e. The Labute approximate surface area is 154 Å². The Morgan fingerprint density at radius 2 is 1.77 bits per heavy atom. The van der Waals surface area contributed by atoms with Gasteiger partial charge in [0.15, 0.2) is 5.78 Å². The lowest BCUT2D eigenvalue weighted by Gasteiger charge is -2.34. The lowest BCUT2D eigenvalue weighted by Crippen LogP contribution is -2.47. The standard InChI is InChI=1S/C21H27FN2O2/c1-14-9-20(21(25)13-23-10-15(2)26-16(3)11-23)17(4)24(14)12-18-5-7-19(22)8-6-18/h5-9,15-16H,10-13H2,1-4H3/t15-,16-/m0/s1. The highest BCUT2D eigenvalue weighted by Crippen LogP contribution is 2.19. The van der Waals surface area contributed by atoms with E-state index in [1.54, 1.807) is 12.1 Å². The minimum absolute atomic E-state index is 0.143. The van der Waals surface area contributed by atoms with Gasteiger partial charge in [-0.25, -0.2) is 4.39 Å². The molecule has 1 saturated heterocycles. The summed E-state index contributed by atoms with van der Waals surface area (Å²) in [6.45, 7) is 10.7. The molecule has 0 aliphatic carbocycles. The molecule has 0 unspecified atom stereocenters. The van der Waals surface area contributed by atoms with Crippen molar-refractivity contribution in [3.8, 4) is 0 Å². The first-order chi connectivity index (χ1) is 12.3. The van der Waals surface area contributed by atoms with Gasteiger partial charge in [0.05, 0.1) is 18.8 Å². The predicted octanol–water partition coefficient (Wildman–Crippen LogP) is 3.58. The minimum atomic E-state index is -0.237. The summed E-state index contributed by atoms with van der Waals surface area (Å²) in [7, 11) is 0. The van der Waals surface area contributed by atoms with Crippen molar-refractivity contribution in [2.45, 2.75) is 46.4 Å². The van der Waals surface area contributed by atoms with Crippen LogP contribution in [0.5, 0.6) is 0 Å². The number of hydrogen-bond donors (Lipinski definition) is 0. The van der Waals surface area contributed by atoms with E-state index in [0.29, 0.717) is 13.1 Å². The Bertz CT molecular complexity index is 772. The van der Waals surface area contributed by atoms with Crippen LogP contribution in [0, 0.1) is 19.7 Å². The molecule has 2 heterocycles. The number of rotatable bonds is 5. The van der Waals surface area contributed by atoms with Crippen LogP contribution in [0.2, 0.25) is 0 Å². The normalized spacial score (nSPS) is 21.1. The van der Waals surface area contributed by atoms with E-state index in [-0.39, 0.29) is 23.8 Å². The van der Waals surface area contributed by atoms with Gasteiger partial charge in [-0.15, -0.1) is 0 Å². The van der Waals surface area contributed by atoms with Crippen molar-refractivity contribution < 1.29 is 13.9 Å². The third-order valence-electron chi connectivity index (χ3n) is 4.99. The van der Waals surface area contributed by atoms with E-state index in [1.165, 1.54) is 12.1 Å². The molecule has 26 heavy (non-hydrogen) atoms. The second kappa shape index (κ2) is 7.72. The lowest BCUT2D eigenvalue weighted by molar-refractivity contribution is -0.0652. The number of nitrogens with zero attached hydrogens (tertiary/aromatic N) is 2. The molecule has 0 N–H and O–H groups in total. The zero-order valence-corrected chi connectivity index (χ0v) is 16.0. The fraction of sp³-hybridized carbons (Fsp3) is 0.476. The van der Waals surface area contributed by atoms with Gasteiger partial charge in [-0.3, -0.25) is 9.69 Å². The summed E-state index contributed by atoms with van der Waals surface area (Å²) in [4.78, 5) is 15.0. The second-order valence-electron chi connectivity index (χ2n) is 7.37. The molecule has 0 saturated carbocycles. The zero-order valence-electron chi connectivity index (χ0n) is 16.0. The van der Waals surface area contributed by atoms with E-state index in [9.17, 15) is 9.18 Å². The fourth-order valence-electron chi connectivity index (χ4n) is 3.80. The number of ketones is 1. The van der Waals surface area contributed by atoms with E-state index in [2.05, 4.69) is 9.47 Å². The lowest BCUT2D eigenvalue weighted by atomic mass is 10.1. The topological polar surface area (TPSA) is 34.5 Å². The van der Waals surface area contributed by atoms with Crippen molar-refractivity contribution in [1.29, 1.82) is 0 Å². The number of benzene rings is 1. The number of hydrogen-bond acceptors (Lipinski definition) is 3. The van der Waals surface area contributed by atoms with Crippen LogP contribution in [-0.4, -0.2) is 47.1 Å². The summed E-state index contributed by atoms with van der Waals surface area (Å²) < 4.78 is 21.0. The number of morpholine rings is 1. The Hall–Kier alpha value is -1.98. The van der Waals surface area contributed by atoms with Gasteiger partial charge in [0.25, 0.3) is 0 Å². The van der Waals surface area contributed by atoms with Gasteiger partial charge >= 0.3 is 0 Å². The smallest absolute Gasteiger partial charge is 0.178 e. The highest BCUT2D eigenvalue weighted by atomic mass is 19.1. The Balaban J connectivity index is 1.74. The second-order valence-corrected chi connectivity index (χ2v) is 7.37. The zero-order chi connectivity index (χ0) is 18.8. The van der Waals surface area contributed by atoms with E-state index in [1.807, 2.05) is 33.8 Å². The predicted molar refractivity (Wildman–Crippen MR) is 100 cm³/mol. The SMILES string of the molecule is Cc1cc(C(=O)CN2C[C@H](C)O[C@@H](C)C2)c(C)n1Cc1ccc(F)cc1. The van der Waals surface area contributed by atoms with Crippen LogP contribution in [0.4, 0.5) is 4.39 Å². The van der Waals surface area contributed by atoms with Gasteiger partial charge in [0.1, 0.15) is 5.82 Å². The van der Waals surface area contributed by atoms with Crippen LogP contribution < -0.4 is 0 Å². The van der Waals surface area contributed by atoms with Gasteiger partial charge in [0, 0.05) is 36.6 Å². The van der Waals surface area contributed by atoms with E-state index < -0.39 is 0 Å². The molecule has 1 aromatic carbocycles. The number of aryl methyl sites for hydroxylation is 1. The molecule has 1 fully saturated rings. The summed E-state index contributed by atoms with van der Waals surface area (Å²) in [6, 6.07) is 8.47. The number of halogens is 1. The largest absolute Gasteiger partial charge is 0.373 e. The van der Waals surface area contributed by atoms with Crippen LogP contribution in [0.3, 0.4) is 0 Å². The van der Waals surface area contributed by atoms with Gasteiger partial charge < -0.3 is 9.30 Å². The minimum Gasteiger partial charge on any atom is -0.373 e. The third-order valence-corrected chi connectivity index (χ3v) is 4.99. The van der Waals surface area contributed by atoms with E-state index in [4.69, 9.17) is 4.74 Å². The molecule has 1 aromatic heterocycles. The average Bonchev–Trinajstić information content (AvgIpc) is 2.84. The molecule has 4 nitrogen and oxygen atoms in total. The molecule has 2 atom stereocenters. The quantitative estimate of drug-likeness (QED) is 0.766. The van der Waals surface area contributed by atoms with Gasteiger partial charge in [-0.05, 0) is 51.5 Å². The van der Waals surface area contributed by atoms with Crippen LogP contribution in [0.25, 0.3) is 0 Å². The molecule has 2 aromatic rings. The van der Waals surface area contributed by atoms with Crippen molar-refractivity contribution in [3.63, 3.8) is 0 Å². The van der Waals surface area contributed by atoms with Crippen LogP contribution in [0.1, 0.15) is 41.2 Å². The van der Waals surface area contributed by atoms with Crippen LogP contribution in [0.15, 0.2) is 30.3 Å². The summed E-state index contributed by atoms with van der Waals surface area (Å²) in [5, 5.41) is 0.